The minimum Gasteiger partial charge on any atom is -0.262 e. The SMILES string of the molecule is Cc1ccc(S(=O)(=O)N2c3ccccc3[C@]3(CC#N)C=CCC[C@H]23)cc1. The molecule has 0 N–H and O–H groups in total. The number of para-hydroxylation sites is 1. The lowest BCUT2D eigenvalue weighted by atomic mass is 9.70. The lowest BCUT2D eigenvalue weighted by Gasteiger charge is -2.37. The van der Waals surface area contributed by atoms with Gasteiger partial charge in [0.1, 0.15) is 0 Å². The van der Waals surface area contributed by atoms with Gasteiger partial charge in [0, 0.05) is 5.41 Å². The van der Waals surface area contributed by atoms with Crippen LogP contribution in [0.1, 0.15) is 30.4 Å². The normalized spacial score (nSPS) is 24.0. The molecule has 2 aliphatic rings. The minimum absolute atomic E-state index is 0.268. The first-order chi connectivity index (χ1) is 12.5. The first kappa shape index (κ1) is 16.9. The second-order valence-corrected chi connectivity index (χ2v) is 8.82. The highest BCUT2D eigenvalue weighted by atomic mass is 32.2. The zero-order valence-electron chi connectivity index (χ0n) is 14.6. The largest absolute Gasteiger partial charge is 0.264 e. The van der Waals surface area contributed by atoms with Gasteiger partial charge in [-0.3, -0.25) is 4.31 Å². The number of nitriles is 1. The Balaban J connectivity index is 1.94. The number of rotatable bonds is 3. The van der Waals surface area contributed by atoms with Gasteiger partial charge in [-0.1, -0.05) is 48.0 Å². The van der Waals surface area contributed by atoms with E-state index in [0.29, 0.717) is 17.0 Å². The maximum absolute atomic E-state index is 13.5. The molecule has 0 radical (unpaired) electrons. The maximum atomic E-state index is 13.5. The number of fused-ring (bicyclic) bond motifs is 3. The zero-order valence-corrected chi connectivity index (χ0v) is 15.4. The molecule has 0 aromatic heterocycles. The summed E-state index contributed by atoms with van der Waals surface area (Å²) in [5, 5.41) is 9.47. The molecule has 132 valence electrons. The van der Waals surface area contributed by atoms with Crippen molar-refractivity contribution in [3.8, 4) is 6.07 Å². The molecule has 2 atom stereocenters. The Morgan fingerprint density at radius 3 is 2.65 bits per heavy atom. The summed E-state index contributed by atoms with van der Waals surface area (Å²) in [7, 11) is -3.71. The van der Waals surface area contributed by atoms with E-state index in [2.05, 4.69) is 12.1 Å². The number of sulfonamides is 1. The molecule has 26 heavy (non-hydrogen) atoms. The third-order valence-corrected chi connectivity index (χ3v) is 7.33. The predicted molar refractivity (Wildman–Crippen MR) is 101 cm³/mol. The molecule has 0 saturated heterocycles. The first-order valence-corrected chi connectivity index (χ1v) is 10.2. The maximum Gasteiger partial charge on any atom is 0.264 e. The molecule has 1 aliphatic heterocycles. The molecule has 0 amide bonds. The molecule has 1 aliphatic carbocycles. The van der Waals surface area contributed by atoms with E-state index in [-0.39, 0.29) is 12.5 Å². The highest BCUT2D eigenvalue weighted by Gasteiger charge is 2.53. The van der Waals surface area contributed by atoms with Crippen LogP contribution in [-0.4, -0.2) is 14.5 Å². The van der Waals surface area contributed by atoms with E-state index >= 15 is 0 Å². The van der Waals surface area contributed by atoms with Gasteiger partial charge in [0.2, 0.25) is 0 Å². The Morgan fingerprint density at radius 1 is 1.19 bits per heavy atom. The van der Waals surface area contributed by atoms with Crippen molar-refractivity contribution >= 4 is 15.7 Å². The van der Waals surface area contributed by atoms with Crippen molar-refractivity contribution in [3.63, 3.8) is 0 Å². The molecule has 4 rings (SSSR count). The summed E-state index contributed by atoms with van der Waals surface area (Å²) < 4.78 is 28.6. The summed E-state index contributed by atoms with van der Waals surface area (Å²) in [6.45, 7) is 1.94. The van der Waals surface area contributed by atoms with E-state index < -0.39 is 15.4 Å². The Morgan fingerprint density at radius 2 is 1.92 bits per heavy atom. The molecule has 0 spiro atoms. The van der Waals surface area contributed by atoms with Crippen LogP contribution in [0.3, 0.4) is 0 Å². The minimum atomic E-state index is -3.71. The fraction of sp³-hybridized carbons (Fsp3) is 0.286. The molecule has 2 aromatic rings. The van der Waals surface area contributed by atoms with E-state index in [1.54, 1.807) is 16.4 Å². The van der Waals surface area contributed by atoms with Crippen molar-refractivity contribution < 1.29 is 8.42 Å². The van der Waals surface area contributed by atoms with Gasteiger partial charge in [-0.2, -0.15) is 5.26 Å². The smallest absolute Gasteiger partial charge is 0.262 e. The van der Waals surface area contributed by atoms with Crippen LogP contribution < -0.4 is 4.31 Å². The molecule has 0 saturated carbocycles. The van der Waals surface area contributed by atoms with Gasteiger partial charge >= 0.3 is 0 Å². The molecule has 0 fully saturated rings. The van der Waals surface area contributed by atoms with Gasteiger partial charge in [-0.15, -0.1) is 0 Å². The second kappa shape index (κ2) is 6.00. The van der Waals surface area contributed by atoms with Gasteiger partial charge in [-0.25, -0.2) is 8.42 Å². The summed E-state index contributed by atoms with van der Waals surface area (Å²) in [6, 6.07) is 16.6. The van der Waals surface area contributed by atoms with Crippen molar-refractivity contribution in [2.24, 2.45) is 0 Å². The van der Waals surface area contributed by atoms with Crippen LogP contribution in [-0.2, 0) is 15.4 Å². The van der Waals surface area contributed by atoms with Crippen molar-refractivity contribution in [2.45, 2.75) is 42.5 Å². The van der Waals surface area contributed by atoms with E-state index in [1.807, 2.05) is 49.4 Å². The van der Waals surface area contributed by atoms with Crippen LogP contribution >= 0.6 is 0 Å². The summed E-state index contributed by atoms with van der Waals surface area (Å²) in [6.07, 6.45) is 5.91. The predicted octanol–water partition coefficient (Wildman–Crippen LogP) is 4.07. The Kier molecular flexibility index (Phi) is 3.89. The monoisotopic (exact) mass is 364 g/mol. The van der Waals surface area contributed by atoms with Crippen molar-refractivity contribution in [1.82, 2.24) is 0 Å². The fourth-order valence-corrected chi connectivity index (χ4v) is 6.02. The number of hydrogen-bond acceptors (Lipinski definition) is 3. The fourth-order valence-electron chi connectivity index (χ4n) is 4.26. The van der Waals surface area contributed by atoms with Gasteiger partial charge in [0.05, 0.1) is 29.1 Å². The first-order valence-electron chi connectivity index (χ1n) is 8.76. The van der Waals surface area contributed by atoms with Gasteiger partial charge in [0.15, 0.2) is 0 Å². The zero-order chi connectivity index (χ0) is 18.4. The van der Waals surface area contributed by atoms with Crippen LogP contribution in [0.15, 0.2) is 65.6 Å². The van der Waals surface area contributed by atoms with Crippen molar-refractivity contribution in [2.75, 3.05) is 4.31 Å². The summed E-state index contributed by atoms with van der Waals surface area (Å²) in [5.74, 6) is 0. The highest BCUT2D eigenvalue weighted by Crippen LogP contribution is 2.53. The average molecular weight is 364 g/mol. The topological polar surface area (TPSA) is 61.2 Å². The molecular weight excluding hydrogens is 344 g/mol. The number of aryl methyl sites for hydroxylation is 1. The molecule has 1 heterocycles. The Hall–Kier alpha value is -2.58. The molecular formula is C21H20N2O2S. The van der Waals surface area contributed by atoms with E-state index in [9.17, 15) is 13.7 Å². The molecule has 0 unspecified atom stereocenters. The number of benzene rings is 2. The third kappa shape index (κ3) is 2.29. The quantitative estimate of drug-likeness (QED) is 0.771. The van der Waals surface area contributed by atoms with Gasteiger partial charge in [-0.05, 0) is 43.5 Å². The molecule has 5 heteroatoms. The Labute approximate surface area is 154 Å². The molecule has 2 aromatic carbocycles. The lowest BCUT2D eigenvalue weighted by molar-refractivity contribution is 0.417. The number of anilines is 1. The van der Waals surface area contributed by atoms with E-state index in [0.717, 1.165) is 17.5 Å². The molecule has 0 bridgehead atoms. The number of allylic oxidation sites excluding steroid dienone is 1. The number of nitrogens with zero attached hydrogens (tertiary/aromatic N) is 2. The van der Waals surface area contributed by atoms with Crippen LogP contribution in [0.5, 0.6) is 0 Å². The van der Waals surface area contributed by atoms with Crippen LogP contribution in [0.25, 0.3) is 0 Å². The van der Waals surface area contributed by atoms with Crippen LogP contribution in [0, 0.1) is 18.3 Å². The van der Waals surface area contributed by atoms with Crippen molar-refractivity contribution in [1.29, 1.82) is 5.26 Å². The van der Waals surface area contributed by atoms with Crippen LogP contribution in [0.4, 0.5) is 5.69 Å². The molecule has 4 nitrogen and oxygen atoms in total. The van der Waals surface area contributed by atoms with E-state index in [1.165, 1.54) is 0 Å². The average Bonchev–Trinajstić information content (AvgIpc) is 2.93. The summed E-state index contributed by atoms with van der Waals surface area (Å²) in [4.78, 5) is 0.292. The Bertz CT molecular complexity index is 1020. The number of hydrogen-bond donors (Lipinski definition) is 0. The van der Waals surface area contributed by atoms with Gasteiger partial charge < -0.3 is 0 Å². The highest BCUT2D eigenvalue weighted by molar-refractivity contribution is 7.92. The summed E-state index contributed by atoms with van der Waals surface area (Å²) in [5.41, 5.74) is 2.07. The summed E-state index contributed by atoms with van der Waals surface area (Å²) >= 11 is 0. The van der Waals surface area contributed by atoms with Crippen LogP contribution in [0.2, 0.25) is 0 Å². The third-order valence-electron chi connectivity index (χ3n) is 5.49. The van der Waals surface area contributed by atoms with Gasteiger partial charge in [0.25, 0.3) is 10.0 Å². The van der Waals surface area contributed by atoms with E-state index in [4.69, 9.17) is 0 Å². The second-order valence-electron chi connectivity index (χ2n) is 7.00. The van der Waals surface area contributed by atoms with Crippen molar-refractivity contribution in [3.05, 3.63) is 71.8 Å². The standard InChI is InChI=1S/C21H20N2O2S/c1-16-9-11-17(12-10-16)26(24,25)23-19-7-3-2-6-18(19)21(14-15-22)13-5-4-8-20(21)23/h2-3,5-7,9-13,20H,4,8,14H2,1H3/t20-,21+/m0/s1. The lowest BCUT2D eigenvalue weighted by Crippen LogP contribution is -2.47.